The molecule has 21 heavy (non-hydrogen) atoms. The fourth-order valence-corrected chi connectivity index (χ4v) is 3.06. The molecule has 0 aromatic carbocycles. The molecule has 108 valence electrons. The number of hydrogen-bond donors (Lipinski definition) is 1. The summed E-state index contributed by atoms with van der Waals surface area (Å²) in [6, 6.07) is 2.18. The van der Waals surface area contributed by atoms with Gasteiger partial charge >= 0.3 is 0 Å². The van der Waals surface area contributed by atoms with Crippen LogP contribution in [0.5, 0.6) is 0 Å². The first kappa shape index (κ1) is 13.9. The number of unbranched alkanes of at least 4 members (excludes halogenated alkanes) is 2. The van der Waals surface area contributed by atoms with Gasteiger partial charge in [-0.2, -0.15) is 0 Å². The van der Waals surface area contributed by atoms with Gasteiger partial charge in [-0.3, -0.25) is 4.79 Å². The smallest absolute Gasteiger partial charge is 0.178 e. The maximum atomic E-state index is 10.8. The van der Waals surface area contributed by atoms with Crippen LogP contribution in [0.1, 0.15) is 41.6 Å². The number of nitrogens with zero attached hydrogens (tertiary/aromatic N) is 2. The van der Waals surface area contributed by atoms with E-state index in [1.165, 1.54) is 36.2 Å². The maximum Gasteiger partial charge on any atom is 0.178 e. The predicted molar refractivity (Wildman–Crippen MR) is 85.8 cm³/mol. The Hall–Kier alpha value is -2.01. The van der Waals surface area contributed by atoms with E-state index >= 15 is 0 Å². The molecule has 0 aliphatic carbocycles. The number of fused-ring (bicyclic) bond motifs is 1. The fourth-order valence-electron chi connectivity index (χ4n) is 2.44. The van der Waals surface area contributed by atoms with E-state index in [1.54, 1.807) is 0 Å². The van der Waals surface area contributed by atoms with Crippen molar-refractivity contribution in [1.82, 2.24) is 15.0 Å². The number of H-pyrrole nitrogens is 1. The van der Waals surface area contributed by atoms with E-state index in [2.05, 4.69) is 27.9 Å². The van der Waals surface area contributed by atoms with Crippen LogP contribution in [0, 0.1) is 0 Å². The minimum absolute atomic E-state index is 0.506. The number of hydrogen-bond acceptors (Lipinski definition) is 4. The van der Waals surface area contributed by atoms with Crippen molar-refractivity contribution in [1.29, 1.82) is 0 Å². The Kier molecular flexibility index (Phi) is 4.10. The molecule has 0 radical (unpaired) electrons. The Labute approximate surface area is 127 Å². The summed E-state index contributed by atoms with van der Waals surface area (Å²) in [5, 5.41) is 3.49. The molecule has 0 atom stereocenters. The van der Waals surface area contributed by atoms with E-state index in [0.29, 0.717) is 5.01 Å². The van der Waals surface area contributed by atoms with Crippen LogP contribution < -0.4 is 0 Å². The highest BCUT2D eigenvalue weighted by atomic mass is 32.1. The third-order valence-electron chi connectivity index (χ3n) is 3.56. The minimum Gasteiger partial charge on any atom is -0.345 e. The van der Waals surface area contributed by atoms with Gasteiger partial charge in [0.05, 0.1) is 5.69 Å². The molecule has 0 spiro atoms. The van der Waals surface area contributed by atoms with Crippen molar-refractivity contribution < 1.29 is 4.79 Å². The standard InChI is InChI=1S/C16H17N3OS/c1-2-3-4-5-11-6-12-13(8-18-16(12)17-7-11)14-10-21-15(9-20)19-14/h6-10H,2-5H2,1H3,(H,17,18). The molecule has 0 saturated heterocycles. The summed E-state index contributed by atoms with van der Waals surface area (Å²) in [6.45, 7) is 2.21. The summed E-state index contributed by atoms with van der Waals surface area (Å²) < 4.78 is 0. The van der Waals surface area contributed by atoms with Crippen molar-refractivity contribution in [2.24, 2.45) is 0 Å². The molecule has 0 unspecified atom stereocenters. The van der Waals surface area contributed by atoms with Crippen LogP contribution in [0.2, 0.25) is 0 Å². The van der Waals surface area contributed by atoms with E-state index in [-0.39, 0.29) is 0 Å². The van der Waals surface area contributed by atoms with Gasteiger partial charge in [-0.1, -0.05) is 19.8 Å². The molecule has 0 fully saturated rings. The maximum absolute atomic E-state index is 10.8. The summed E-state index contributed by atoms with van der Waals surface area (Å²) in [7, 11) is 0. The van der Waals surface area contributed by atoms with Crippen LogP contribution in [0.3, 0.4) is 0 Å². The number of thiazole rings is 1. The summed E-state index contributed by atoms with van der Waals surface area (Å²) in [5.41, 5.74) is 3.97. The average Bonchev–Trinajstić information content (AvgIpc) is 3.13. The number of nitrogens with one attached hydrogen (secondary N) is 1. The van der Waals surface area contributed by atoms with Crippen molar-refractivity contribution in [3.05, 3.63) is 34.4 Å². The number of rotatable bonds is 6. The van der Waals surface area contributed by atoms with Crippen molar-refractivity contribution in [2.45, 2.75) is 32.6 Å². The number of carbonyl (C=O) groups excluding carboxylic acids is 1. The van der Waals surface area contributed by atoms with Crippen LogP contribution in [0.15, 0.2) is 23.8 Å². The lowest BCUT2D eigenvalue weighted by Crippen LogP contribution is -1.88. The molecule has 3 aromatic rings. The normalized spacial score (nSPS) is 11.1. The van der Waals surface area contributed by atoms with Crippen LogP contribution in [0.25, 0.3) is 22.3 Å². The van der Waals surface area contributed by atoms with Gasteiger partial charge in [0.25, 0.3) is 0 Å². The Morgan fingerprint density at radius 1 is 1.38 bits per heavy atom. The van der Waals surface area contributed by atoms with E-state index in [4.69, 9.17) is 0 Å². The Balaban J connectivity index is 1.95. The fraction of sp³-hybridized carbons (Fsp3) is 0.312. The van der Waals surface area contributed by atoms with Gasteiger partial charge in [-0.05, 0) is 24.5 Å². The Morgan fingerprint density at radius 3 is 3.05 bits per heavy atom. The minimum atomic E-state index is 0.506. The zero-order chi connectivity index (χ0) is 14.7. The van der Waals surface area contributed by atoms with Gasteiger partial charge in [-0.25, -0.2) is 9.97 Å². The van der Waals surface area contributed by atoms with Gasteiger partial charge in [0.2, 0.25) is 0 Å². The van der Waals surface area contributed by atoms with E-state index < -0.39 is 0 Å². The first-order valence-electron chi connectivity index (χ1n) is 7.19. The molecule has 3 aromatic heterocycles. The van der Waals surface area contributed by atoms with Crippen molar-refractivity contribution >= 4 is 28.7 Å². The second-order valence-corrected chi connectivity index (χ2v) is 5.98. The highest BCUT2D eigenvalue weighted by molar-refractivity contribution is 7.11. The molecule has 3 heterocycles. The van der Waals surface area contributed by atoms with E-state index in [0.717, 1.165) is 35.0 Å². The molecule has 0 aliphatic heterocycles. The van der Waals surface area contributed by atoms with Gasteiger partial charge in [0, 0.05) is 28.7 Å². The van der Waals surface area contributed by atoms with Crippen molar-refractivity contribution in [3.8, 4) is 11.3 Å². The third-order valence-corrected chi connectivity index (χ3v) is 4.33. The van der Waals surface area contributed by atoms with Gasteiger partial charge in [-0.15, -0.1) is 11.3 Å². The molecular formula is C16H17N3OS. The number of aldehydes is 1. The Morgan fingerprint density at radius 2 is 2.29 bits per heavy atom. The molecular weight excluding hydrogens is 282 g/mol. The lowest BCUT2D eigenvalue weighted by molar-refractivity contribution is 0.112. The molecule has 1 N–H and O–H groups in total. The van der Waals surface area contributed by atoms with Gasteiger partial charge in [0.15, 0.2) is 11.3 Å². The third kappa shape index (κ3) is 2.88. The average molecular weight is 299 g/mol. The molecule has 0 aliphatic rings. The van der Waals surface area contributed by atoms with Gasteiger partial charge in [0.1, 0.15) is 5.65 Å². The predicted octanol–water partition coefficient (Wildman–Crippen LogP) is 4.23. The van der Waals surface area contributed by atoms with Crippen LogP contribution in [0.4, 0.5) is 0 Å². The highest BCUT2D eigenvalue weighted by Crippen LogP contribution is 2.29. The second kappa shape index (κ2) is 6.18. The monoisotopic (exact) mass is 299 g/mol. The number of pyridine rings is 1. The first-order valence-corrected chi connectivity index (χ1v) is 8.07. The molecule has 5 heteroatoms. The quantitative estimate of drug-likeness (QED) is 0.547. The molecule has 0 amide bonds. The number of aromatic amines is 1. The van der Waals surface area contributed by atoms with Crippen LogP contribution in [-0.2, 0) is 6.42 Å². The van der Waals surface area contributed by atoms with Crippen molar-refractivity contribution in [3.63, 3.8) is 0 Å². The zero-order valence-corrected chi connectivity index (χ0v) is 12.7. The lowest BCUT2D eigenvalue weighted by atomic mass is 10.1. The summed E-state index contributed by atoms with van der Waals surface area (Å²) in [4.78, 5) is 22.8. The number of aryl methyl sites for hydroxylation is 1. The van der Waals surface area contributed by atoms with Crippen molar-refractivity contribution in [2.75, 3.05) is 0 Å². The summed E-state index contributed by atoms with van der Waals surface area (Å²) >= 11 is 1.36. The lowest BCUT2D eigenvalue weighted by Gasteiger charge is -2.01. The van der Waals surface area contributed by atoms with E-state index in [1.807, 2.05) is 17.8 Å². The SMILES string of the molecule is CCCCCc1cnc2[nH]cc(-c3csc(C=O)n3)c2c1. The first-order chi connectivity index (χ1) is 10.3. The molecule has 0 saturated carbocycles. The molecule has 4 nitrogen and oxygen atoms in total. The van der Waals surface area contributed by atoms with Crippen LogP contribution in [-0.4, -0.2) is 21.2 Å². The number of carbonyl (C=O) groups is 1. The topological polar surface area (TPSA) is 58.6 Å². The number of aromatic nitrogens is 3. The Bertz CT molecular complexity index is 760. The zero-order valence-electron chi connectivity index (χ0n) is 11.9. The van der Waals surface area contributed by atoms with Gasteiger partial charge < -0.3 is 4.98 Å². The summed E-state index contributed by atoms with van der Waals surface area (Å²) in [5.74, 6) is 0. The summed E-state index contributed by atoms with van der Waals surface area (Å²) in [6.07, 6.45) is 9.35. The second-order valence-electron chi connectivity index (χ2n) is 5.09. The molecule has 3 rings (SSSR count). The largest absolute Gasteiger partial charge is 0.345 e. The van der Waals surface area contributed by atoms with E-state index in [9.17, 15) is 4.79 Å². The highest BCUT2D eigenvalue weighted by Gasteiger charge is 2.11. The molecule has 0 bridgehead atoms. The van der Waals surface area contributed by atoms with Crippen LogP contribution >= 0.6 is 11.3 Å².